The fourth-order valence-corrected chi connectivity index (χ4v) is 7.66. The standard InChI is InChI=1S/C48H43N11O.3CO.Re/c49-19-26-53-27-28-54-29-30-55-48(60)35-3-1-31(2-4-35)44-36-5-7-38(56-36)45(32-13-20-50-21-14-32)40-9-11-42(58-40)47(34-17-24-52-25-18-34)43-12-10-41(59-43)46(33-15-22-51-23-16-33)39-8-6-37(44)57-39;3*1-2;/h1-18,20-25,53-54,56,59H,19,26-30,49H2,(H,55,60);;;;. The zero-order valence-corrected chi connectivity index (χ0v) is 38.6. The number of carbonyl (C=O) groups excluding carboxylic acids is 1. The van der Waals surface area contributed by atoms with Gasteiger partial charge in [-0.2, -0.15) is 0 Å². The summed E-state index contributed by atoms with van der Waals surface area (Å²) in [7, 11) is 0. The summed E-state index contributed by atoms with van der Waals surface area (Å²) in [6.07, 6.45) is 19.0. The summed E-state index contributed by atoms with van der Waals surface area (Å²) in [6, 6.07) is 28.1. The van der Waals surface area contributed by atoms with Crippen LogP contribution in [0.5, 0.6) is 0 Å². The van der Waals surface area contributed by atoms with Crippen molar-refractivity contribution >= 4 is 52.3 Å². The van der Waals surface area contributed by atoms with E-state index in [4.69, 9.17) is 29.7 Å². The van der Waals surface area contributed by atoms with Crippen molar-refractivity contribution in [1.29, 1.82) is 0 Å². The molecule has 1 radical (unpaired) electrons. The molecule has 15 nitrogen and oxygen atoms in total. The van der Waals surface area contributed by atoms with Gasteiger partial charge >= 0.3 is 33.9 Å². The van der Waals surface area contributed by atoms with E-state index in [1.165, 1.54) is 0 Å². The molecular formula is C51H43N11O4Re. The van der Waals surface area contributed by atoms with Crippen LogP contribution in [-0.4, -0.2) is 80.1 Å². The van der Waals surface area contributed by atoms with Gasteiger partial charge in [-0.15, -0.1) is 0 Å². The molecule has 6 aromatic heterocycles. The fourth-order valence-electron chi connectivity index (χ4n) is 7.66. The van der Waals surface area contributed by atoms with Crippen LogP contribution in [0.15, 0.2) is 122 Å². The van der Waals surface area contributed by atoms with Crippen molar-refractivity contribution in [2.75, 3.05) is 39.3 Å². The molecule has 8 bridgehead atoms. The van der Waals surface area contributed by atoms with Crippen LogP contribution in [0.1, 0.15) is 33.1 Å². The molecule has 0 saturated heterocycles. The zero-order chi connectivity index (χ0) is 46.7. The number of fused-ring (bicyclic) bond motifs is 8. The van der Waals surface area contributed by atoms with Crippen LogP contribution >= 0.6 is 0 Å². The van der Waals surface area contributed by atoms with Crippen LogP contribution in [-0.2, 0) is 34.4 Å². The third kappa shape index (κ3) is 12.0. The summed E-state index contributed by atoms with van der Waals surface area (Å²) >= 11 is 0. The van der Waals surface area contributed by atoms with Crippen molar-refractivity contribution in [3.05, 3.63) is 170 Å². The molecule has 7 N–H and O–H groups in total. The number of hydrogen-bond acceptors (Lipinski definition) is 9. The van der Waals surface area contributed by atoms with Crippen LogP contribution in [0.3, 0.4) is 0 Å². The Kier molecular flexibility index (Phi) is 19.5. The van der Waals surface area contributed by atoms with E-state index in [9.17, 15) is 4.79 Å². The van der Waals surface area contributed by atoms with Gasteiger partial charge in [0.25, 0.3) is 5.91 Å². The maximum atomic E-state index is 13.2. The molecule has 2 aliphatic rings. The molecule has 333 valence electrons. The first kappa shape index (κ1) is 50.5. The molecule has 8 heterocycles. The monoisotopic (exact) mass is 1060 g/mol. The van der Waals surface area contributed by atoms with E-state index in [0.29, 0.717) is 25.2 Å². The number of pyridine rings is 3. The average molecular weight is 1060 g/mol. The van der Waals surface area contributed by atoms with Crippen molar-refractivity contribution in [2.24, 2.45) is 5.73 Å². The van der Waals surface area contributed by atoms with Gasteiger partial charge in [-0.25, -0.2) is 9.97 Å². The molecule has 1 amide bonds. The van der Waals surface area contributed by atoms with Gasteiger partial charge in [0, 0.05) is 147 Å². The first-order chi connectivity index (χ1) is 32.6. The SMILES string of the molecule is NCCNCCNCCNC(=O)c1ccc(-c2c3nc(c(-c4ccncc4)c4ccc([nH]4)c(-c4ccncc4)c4nc(c(-c5ccncc5)c5ccc2[nH]5)C=C4)C=C3)cc1.[C-]#[O+].[C-]#[O+].[C-]#[O+].[Re]. The Morgan fingerprint density at radius 3 is 1.12 bits per heavy atom. The topological polar surface area (TPSA) is 235 Å². The Morgan fingerprint density at radius 1 is 0.463 bits per heavy atom. The smallest absolute Gasteiger partial charge is 0 e. The van der Waals surface area contributed by atoms with Crippen LogP contribution in [0, 0.1) is 20.0 Å². The number of aromatic nitrogens is 7. The molecule has 2 aliphatic heterocycles. The number of rotatable bonds is 13. The first-order valence-electron chi connectivity index (χ1n) is 20.6. The van der Waals surface area contributed by atoms with Crippen molar-refractivity contribution in [2.45, 2.75) is 0 Å². The molecule has 16 heteroatoms. The Bertz CT molecular complexity index is 2990. The minimum atomic E-state index is -0.132. The van der Waals surface area contributed by atoms with Gasteiger partial charge in [-0.3, -0.25) is 19.7 Å². The number of amides is 1. The maximum absolute atomic E-state index is 13.2. The molecule has 67 heavy (non-hydrogen) atoms. The molecular weight excluding hydrogens is 1020 g/mol. The fraction of sp³-hybridized carbons (Fsp3) is 0.118. The zero-order valence-electron chi connectivity index (χ0n) is 35.9. The number of aromatic amines is 2. The van der Waals surface area contributed by atoms with Crippen LogP contribution in [0.25, 0.3) is 90.9 Å². The minimum absolute atomic E-state index is 0. The quantitative estimate of drug-likeness (QED) is 0.0387. The summed E-state index contributed by atoms with van der Waals surface area (Å²) in [5.41, 5.74) is 20.4. The van der Waals surface area contributed by atoms with Crippen molar-refractivity contribution in [3.63, 3.8) is 0 Å². The van der Waals surface area contributed by atoms with Gasteiger partial charge in [-0.05, 0) is 119 Å². The van der Waals surface area contributed by atoms with E-state index in [-0.39, 0.29) is 26.3 Å². The van der Waals surface area contributed by atoms with Crippen molar-refractivity contribution in [1.82, 2.24) is 50.8 Å². The molecule has 0 fully saturated rings. The molecule has 0 spiro atoms. The van der Waals surface area contributed by atoms with Crippen LogP contribution < -0.4 is 21.7 Å². The van der Waals surface area contributed by atoms with Gasteiger partial charge in [0.05, 0.1) is 22.8 Å². The number of H-pyrrole nitrogens is 2. The Hall–Kier alpha value is -7.50. The summed E-state index contributed by atoms with van der Waals surface area (Å²) in [6.45, 7) is 17.7. The largest absolute Gasteiger partial charge is 0 e. The van der Waals surface area contributed by atoms with Gasteiger partial charge in [0.15, 0.2) is 0 Å². The molecule has 9 rings (SSSR count). The van der Waals surface area contributed by atoms with Gasteiger partial charge in [0.2, 0.25) is 0 Å². The van der Waals surface area contributed by atoms with E-state index in [0.717, 1.165) is 109 Å². The van der Waals surface area contributed by atoms with E-state index in [2.05, 4.69) is 109 Å². The molecule has 7 aromatic rings. The molecule has 0 atom stereocenters. The molecule has 0 saturated carbocycles. The van der Waals surface area contributed by atoms with Gasteiger partial charge < -0.3 is 31.7 Å². The summed E-state index contributed by atoms with van der Waals surface area (Å²) in [5.74, 6) is -0.132. The number of carbonyl (C=O) groups is 1. The Balaban J connectivity index is 0.00000115. The number of hydrogen-bond donors (Lipinski definition) is 6. The molecule has 0 aliphatic carbocycles. The predicted octanol–water partition coefficient (Wildman–Crippen LogP) is 7.26. The third-order valence-electron chi connectivity index (χ3n) is 10.5. The average Bonchev–Trinajstić information content (AvgIpc) is 4.24. The minimum Gasteiger partial charge on any atom is 0 e. The second kappa shape index (κ2) is 25.9. The van der Waals surface area contributed by atoms with Crippen molar-refractivity contribution < 1.29 is 39.2 Å². The number of nitrogens with two attached hydrogens (primary N) is 1. The predicted molar refractivity (Wildman–Crippen MR) is 253 cm³/mol. The van der Waals surface area contributed by atoms with Gasteiger partial charge in [0.1, 0.15) is 0 Å². The maximum Gasteiger partial charge on any atom is 0 e. The van der Waals surface area contributed by atoms with Crippen molar-refractivity contribution in [3.8, 4) is 44.5 Å². The summed E-state index contributed by atoms with van der Waals surface area (Å²) in [5, 5.41) is 9.61. The normalized spacial score (nSPS) is 10.7. The summed E-state index contributed by atoms with van der Waals surface area (Å²) in [4.78, 5) is 44.3. The van der Waals surface area contributed by atoms with E-state index < -0.39 is 0 Å². The summed E-state index contributed by atoms with van der Waals surface area (Å²) < 4.78 is 22.5. The Morgan fingerprint density at radius 2 is 0.776 bits per heavy atom. The first-order valence-corrected chi connectivity index (χ1v) is 20.6. The number of nitrogens with one attached hydrogen (secondary N) is 5. The number of benzene rings is 1. The third-order valence-corrected chi connectivity index (χ3v) is 10.5. The second-order valence-corrected chi connectivity index (χ2v) is 14.3. The van der Waals surface area contributed by atoms with Crippen LogP contribution in [0.4, 0.5) is 0 Å². The van der Waals surface area contributed by atoms with Gasteiger partial charge in [-0.1, -0.05) is 12.1 Å². The van der Waals surface area contributed by atoms with E-state index >= 15 is 0 Å². The second-order valence-electron chi connectivity index (χ2n) is 14.3. The van der Waals surface area contributed by atoms with E-state index in [1.54, 1.807) is 37.2 Å². The Labute approximate surface area is 400 Å². The van der Waals surface area contributed by atoms with E-state index in [1.807, 2.05) is 60.7 Å². The van der Waals surface area contributed by atoms with Crippen LogP contribution in [0.2, 0.25) is 0 Å². The molecule has 1 aromatic carbocycles. The number of nitrogens with zero attached hydrogens (tertiary/aromatic N) is 5. The molecule has 0 unspecified atom stereocenters.